The van der Waals surface area contributed by atoms with Crippen molar-refractivity contribution in [2.45, 2.75) is 6.54 Å². The molecule has 23 heavy (non-hydrogen) atoms. The summed E-state index contributed by atoms with van der Waals surface area (Å²) in [4.78, 5) is 11.3. The van der Waals surface area contributed by atoms with Gasteiger partial charge in [0.05, 0.1) is 6.54 Å². The largest absolute Gasteiger partial charge is 0.476 e. The number of halogens is 2. The van der Waals surface area contributed by atoms with Crippen LogP contribution in [0.5, 0.6) is 0 Å². The molecule has 7 heteroatoms. The van der Waals surface area contributed by atoms with Crippen molar-refractivity contribution in [1.82, 2.24) is 15.0 Å². The molecule has 0 saturated carbocycles. The minimum Gasteiger partial charge on any atom is -0.476 e. The third kappa shape index (κ3) is 2.94. The second-order valence-electron chi connectivity index (χ2n) is 4.85. The number of nitrogens with zero attached hydrogens (tertiary/aromatic N) is 3. The fourth-order valence-electron chi connectivity index (χ4n) is 2.25. The maximum absolute atomic E-state index is 13.8. The van der Waals surface area contributed by atoms with Crippen molar-refractivity contribution in [3.8, 4) is 11.3 Å². The SMILES string of the molecule is O=C(O)c1nnn(Cc2ccccc2F)c1-c1ccc(F)cc1. The first kappa shape index (κ1) is 14.8. The highest BCUT2D eigenvalue weighted by Crippen LogP contribution is 2.24. The van der Waals surface area contributed by atoms with Crippen LogP contribution in [-0.2, 0) is 6.54 Å². The third-order valence-corrected chi connectivity index (χ3v) is 3.33. The van der Waals surface area contributed by atoms with Gasteiger partial charge in [0, 0.05) is 11.1 Å². The minimum atomic E-state index is -1.26. The Labute approximate surface area is 129 Å². The maximum Gasteiger partial charge on any atom is 0.358 e. The first-order chi connectivity index (χ1) is 11.1. The number of hydrogen-bond acceptors (Lipinski definition) is 3. The Kier molecular flexibility index (Phi) is 3.84. The topological polar surface area (TPSA) is 68.0 Å². The van der Waals surface area contributed by atoms with Crippen LogP contribution in [0.25, 0.3) is 11.3 Å². The number of benzene rings is 2. The fraction of sp³-hybridized carbons (Fsp3) is 0.0625. The summed E-state index contributed by atoms with van der Waals surface area (Å²) >= 11 is 0. The average Bonchev–Trinajstić information content (AvgIpc) is 2.94. The summed E-state index contributed by atoms with van der Waals surface area (Å²) in [5.41, 5.74) is 0.705. The van der Waals surface area contributed by atoms with Crippen molar-refractivity contribution in [1.29, 1.82) is 0 Å². The van der Waals surface area contributed by atoms with E-state index in [0.29, 0.717) is 11.1 Å². The lowest BCUT2D eigenvalue weighted by molar-refractivity contribution is 0.0691. The van der Waals surface area contributed by atoms with E-state index in [-0.39, 0.29) is 17.9 Å². The molecular formula is C16H11F2N3O2. The van der Waals surface area contributed by atoms with Crippen molar-refractivity contribution >= 4 is 5.97 Å². The molecule has 0 aliphatic rings. The Hall–Kier alpha value is -3.09. The Balaban J connectivity index is 2.09. The molecule has 0 amide bonds. The normalized spacial score (nSPS) is 10.7. The van der Waals surface area contributed by atoms with Crippen molar-refractivity contribution in [3.05, 3.63) is 71.4 Å². The summed E-state index contributed by atoms with van der Waals surface area (Å²) in [5.74, 6) is -2.13. The molecule has 116 valence electrons. The number of carbonyl (C=O) groups is 1. The van der Waals surface area contributed by atoms with Gasteiger partial charge in [0.2, 0.25) is 0 Å². The van der Waals surface area contributed by atoms with Crippen molar-refractivity contribution in [2.75, 3.05) is 0 Å². The van der Waals surface area contributed by atoms with Crippen LogP contribution in [0.15, 0.2) is 48.5 Å². The van der Waals surface area contributed by atoms with Crippen LogP contribution in [0.2, 0.25) is 0 Å². The smallest absolute Gasteiger partial charge is 0.358 e. The van der Waals surface area contributed by atoms with Gasteiger partial charge in [-0.3, -0.25) is 0 Å². The summed E-state index contributed by atoms with van der Waals surface area (Å²) in [6.45, 7) is 0.0136. The molecule has 0 radical (unpaired) electrons. The molecular weight excluding hydrogens is 304 g/mol. The van der Waals surface area contributed by atoms with Gasteiger partial charge in [0.25, 0.3) is 0 Å². The van der Waals surface area contributed by atoms with Gasteiger partial charge in [0.15, 0.2) is 5.69 Å². The maximum atomic E-state index is 13.8. The lowest BCUT2D eigenvalue weighted by atomic mass is 10.1. The third-order valence-electron chi connectivity index (χ3n) is 3.33. The second kappa shape index (κ2) is 5.96. The quantitative estimate of drug-likeness (QED) is 0.803. The van der Waals surface area contributed by atoms with E-state index >= 15 is 0 Å². The molecule has 0 aliphatic heterocycles. The van der Waals surface area contributed by atoms with Crippen LogP contribution in [-0.4, -0.2) is 26.1 Å². The minimum absolute atomic E-state index is 0.0136. The molecule has 3 aromatic rings. The van der Waals surface area contributed by atoms with Gasteiger partial charge in [-0.2, -0.15) is 0 Å². The van der Waals surface area contributed by atoms with Crippen LogP contribution in [0.1, 0.15) is 16.1 Å². The van der Waals surface area contributed by atoms with Crippen LogP contribution in [0.4, 0.5) is 8.78 Å². The Morgan fingerprint density at radius 3 is 2.43 bits per heavy atom. The highest BCUT2D eigenvalue weighted by Gasteiger charge is 2.21. The Morgan fingerprint density at radius 2 is 1.78 bits per heavy atom. The molecule has 1 aromatic heterocycles. The van der Waals surface area contributed by atoms with Crippen LogP contribution in [0, 0.1) is 11.6 Å². The zero-order chi connectivity index (χ0) is 16.4. The number of rotatable bonds is 4. The van der Waals surface area contributed by atoms with Crippen molar-refractivity contribution in [3.63, 3.8) is 0 Å². The van der Waals surface area contributed by atoms with Gasteiger partial charge in [-0.1, -0.05) is 23.4 Å². The summed E-state index contributed by atoms with van der Waals surface area (Å²) in [7, 11) is 0. The van der Waals surface area contributed by atoms with E-state index in [9.17, 15) is 18.7 Å². The Morgan fingerprint density at radius 1 is 1.09 bits per heavy atom. The number of hydrogen-bond donors (Lipinski definition) is 1. The number of aromatic nitrogens is 3. The van der Waals surface area contributed by atoms with Crippen LogP contribution >= 0.6 is 0 Å². The monoisotopic (exact) mass is 315 g/mol. The van der Waals surface area contributed by atoms with Crippen molar-refractivity contribution in [2.24, 2.45) is 0 Å². The fourth-order valence-corrected chi connectivity index (χ4v) is 2.25. The second-order valence-corrected chi connectivity index (χ2v) is 4.85. The van der Waals surface area contributed by atoms with Gasteiger partial charge in [-0.25, -0.2) is 18.3 Å². The molecule has 2 aromatic carbocycles. The molecule has 3 rings (SSSR count). The molecule has 5 nitrogen and oxygen atoms in total. The predicted molar refractivity (Wildman–Crippen MR) is 77.9 cm³/mol. The van der Waals surface area contributed by atoms with E-state index in [1.54, 1.807) is 18.2 Å². The number of carboxylic acid groups (broad SMARTS) is 1. The average molecular weight is 315 g/mol. The van der Waals surface area contributed by atoms with Crippen LogP contribution in [0.3, 0.4) is 0 Å². The predicted octanol–water partition coefficient (Wildman–Crippen LogP) is 2.97. The van der Waals surface area contributed by atoms with Gasteiger partial charge >= 0.3 is 5.97 Å². The van der Waals surface area contributed by atoms with Gasteiger partial charge < -0.3 is 5.11 Å². The summed E-state index contributed by atoms with van der Waals surface area (Å²) in [6, 6.07) is 11.4. The summed E-state index contributed by atoms with van der Waals surface area (Å²) < 4.78 is 28.2. The molecule has 0 fully saturated rings. The van der Waals surface area contributed by atoms with E-state index in [1.165, 1.54) is 35.0 Å². The molecule has 0 spiro atoms. The lowest BCUT2D eigenvalue weighted by Gasteiger charge is -2.08. The zero-order valence-corrected chi connectivity index (χ0v) is 11.8. The number of carboxylic acids is 1. The lowest BCUT2D eigenvalue weighted by Crippen LogP contribution is -2.07. The van der Waals surface area contributed by atoms with E-state index in [2.05, 4.69) is 10.3 Å². The Bertz CT molecular complexity index is 860. The van der Waals surface area contributed by atoms with E-state index in [1.807, 2.05) is 0 Å². The van der Waals surface area contributed by atoms with Gasteiger partial charge in [-0.05, 0) is 30.3 Å². The highest BCUT2D eigenvalue weighted by molar-refractivity contribution is 5.92. The van der Waals surface area contributed by atoms with Crippen molar-refractivity contribution < 1.29 is 18.7 Å². The van der Waals surface area contributed by atoms with Gasteiger partial charge in [-0.15, -0.1) is 5.10 Å². The molecule has 0 saturated heterocycles. The van der Waals surface area contributed by atoms with E-state index < -0.39 is 17.6 Å². The summed E-state index contributed by atoms with van der Waals surface area (Å²) in [6.07, 6.45) is 0. The zero-order valence-electron chi connectivity index (χ0n) is 11.8. The molecule has 1 N–H and O–H groups in total. The molecule has 1 heterocycles. The van der Waals surface area contributed by atoms with Gasteiger partial charge in [0.1, 0.15) is 17.3 Å². The molecule has 0 bridgehead atoms. The highest BCUT2D eigenvalue weighted by atomic mass is 19.1. The standard InChI is InChI=1S/C16H11F2N3O2/c17-12-7-5-10(6-8-12)15-14(16(22)23)19-20-21(15)9-11-3-1-2-4-13(11)18/h1-8H,9H2,(H,22,23). The van der Waals surface area contributed by atoms with Crippen LogP contribution < -0.4 is 0 Å². The first-order valence-corrected chi connectivity index (χ1v) is 6.72. The molecule has 0 unspecified atom stereocenters. The summed E-state index contributed by atoms with van der Waals surface area (Å²) in [5, 5.41) is 16.7. The molecule has 0 aliphatic carbocycles. The van der Waals surface area contributed by atoms with E-state index in [0.717, 1.165) is 0 Å². The first-order valence-electron chi connectivity index (χ1n) is 6.72. The number of aromatic carboxylic acids is 1. The van der Waals surface area contributed by atoms with E-state index in [4.69, 9.17) is 0 Å². The molecule has 0 atom stereocenters.